The number of carbonyl (C=O) groups excluding carboxylic acids is 1. The molecular formula is C19H15N7O6S. The van der Waals surface area contributed by atoms with Crippen molar-refractivity contribution in [3.8, 4) is 0 Å². The summed E-state index contributed by atoms with van der Waals surface area (Å²) in [7, 11) is -3.90. The third kappa shape index (κ3) is 5.19. The second-order valence-corrected chi connectivity index (χ2v) is 8.26. The van der Waals surface area contributed by atoms with Crippen molar-refractivity contribution in [2.75, 3.05) is 10.0 Å². The van der Waals surface area contributed by atoms with Crippen molar-refractivity contribution >= 4 is 33.3 Å². The van der Waals surface area contributed by atoms with E-state index >= 15 is 0 Å². The van der Waals surface area contributed by atoms with Crippen LogP contribution in [0.4, 0.5) is 17.3 Å². The predicted octanol–water partition coefficient (Wildman–Crippen LogP) is 2.28. The molecule has 1 amide bonds. The van der Waals surface area contributed by atoms with Gasteiger partial charge in [0.1, 0.15) is 18.2 Å². The quantitative estimate of drug-likeness (QED) is 0.289. The molecule has 0 saturated heterocycles. The fraction of sp³-hybridized carbons (Fsp3) is 0.0526. The fourth-order valence-corrected chi connectivity index (χ4v) is 3.68. The van der Waals surface area contributed by atoms with Crippen LogP contribution >= 0.6 is 0 Å². The Bertz CT molecular complexity index is 1400. The molecule has 0 aliphatic carbocycles. The highest BCUT2D eigenvalue weighted by Crippen LogP contribution is 2.18. The molecule has 0 aliphatic heterocycles. The molecule has 2 N–H and O–H groups in total. The molecule has 0 aliphatic rings. The summed E-state index contributed by atoms with van der Waals surface area (Å²) in [5.41, 5.74) is 0.187. The van der Waals surface area contributed by atoms with E-state index in [1.165, 1.54) is 53.6 Å². The molecule has 4 aromatic rings. The lowest BCUT2D eigenvalue weighted by Gasteiger charge is -2.08. The highest BCUT2D eigenvalue weighted by molar-refractivity contribution is 7.92. The highest BCUT2D eigenvalue weighted by Gasteiger charge is 2.17. The Kier molecular flexibility index (Phi) is 5.82. The van der Waals surface area contributed by atoms with E-state index in [4.69, 9.17) is 4.42 Å². The molecule has 4 rings (SSSR count). The Morgan fingerprint density at radius 3 is 2.52 bits per heavy atom. The number of hydrogen-bond acceptors (Lipinski definition) is 9. The van der Waals surface area contributed by atoms with Crippen molar-refractivity contribution in [3.63, 3.8) is 0 Å². The Morgan fingerprint density at radius 1 is 1.12 bits per heavy atom. The van der Waals surface area contributed by atoms with Crippen molar-refractivity contribution < 1.29 is 22.6 Å². The van der Waals surface area contributed by atoms with E-state index in [1.54, 1.807) is 12.1 Å². The first-order valence-corrected chi connectivity index (χ1v) is 10.8. The zero-order valence-corrected chi connectivity index (χ0v) is 17.5. The summed E-state index contributed by atoms with van der Waals surface area (Å²) in [6.07, 6.45) is 5.17. The maximum absolute atomic E-state index is 12.4. The number of anilines is 2. The van der Waals surface area contributed by atoms with Gasteiger partial charge < -0.3 is 9.73 Å². The number of furan rings is 1. The normalized spacial score (nSPS) is 11.2. The Balaban J connectivity index is 1.39. The topological polar surface area (TPSA) is 175 Å². The summed E-state index contributed by atoms with van der Waals surface area (Å²) in [5.74, 6) is -0.243. The number of hydrogen-bond donors (Lipinski definition) is 2. The average molecular weight is 469 g/mol. The molecule has 0 spiro atoms. The van der Waals surface area contributed by atoms with E-state index in [0.29, 0.717) is 11.4 Å². The minimum atomic E-state index is -3.90. The molecule has 13 nitrogen and oxygen atoms in total. The van der Waals surface area contributed by atoms with Gasteiger partial charge in [0.15, 0.2) is 5.76 Å². The molecule has 0 saturated carbocycles. The Hall–Kier alpha value is -4.59. The number of carbonyl (C=O) groups is 1. The van der Waals surface area contributed by atoms with Crippen LogP contribution in [-0.4, -0.2) is 39.0 Å². The summed E-state index contributed by atoms with van der Waals surface area (Å²) in [6, 6.07) is 10.0. The SMILES string of the molecule is O=C(Nc1ccc(S(=O)(=O)Nc2ncccn2)cc1)c1ccc(Cn2cc([N+](=O)[O-])cn2)o1. The Morgan fingerprint density at radius 2 is 1.85 bits per heavy atom. The van der Waals surface area contributed by atoms with E-state index in [1.807, 2.05) is 0 Å². The van der Waals surface area contributed by atoms with Gasteiger partial charge in [-0.25, -0.2) is 23.1 Å². The third-order valence-corrected chi connectivity index (χ3v) is 5.59. The van der Waals surface area contributed by atoms with Gasteiger partial charge in [0.25, 0.3) is 15.9 Å². The lowest BCUT2D eigenvalue weighted by atomic mass is 10.3. The predicted molar refractivity (Wildman–Crippen MR) is 114 cm³/mol. The van der Waals surface area contributed by atoms with Gasteiger partial charge in [0.2, 0.25) is 5.95 Å². The maximum Gasteiger partial charge on any atom is 0.307 e. The van der Waals surface area contributed by atoms with Crippen LogP contribution in [0.3, 0.4) is 0 Å². The number of nitro groups is 1. The van der Waals surface area contributed by atoms with Gasteiger partial charge >= 0.3 is 5.69 Å². The highest BCUT2D eigenvalue weighted by atomic mass is 32.2. The van der Waals surface area contributed by atoms with Gasteiger partial charge in [-0.05, 0) is 42.5 Å². The lowest BCUT2D eigenvalue weighted by Crippen LogP contribution is -2.15. The van der Waals surface area contributed by atoms with Crippen molar-refractivity contribution in [3.05, 3.63) is 88.9 Å². The molecule has 3 heterocycles. The number of rotatable bonds is 8. The summed E-state index contributed by atoms with van der Waals surface area (Å²) in [4.78, 5) is 30.2. The summed E-state index contributed by atoms with van der Waals surface area (Å²) < 4.78 is 33.9. The van der Waals surface area contributed by atoms with Crippen LogP contribution < -0.4 is 10.0 Å². The van der Waals surface area contributed by atoms with E-state index in [2.05, 4.69) is 25.1 Å². The monoisotopic (exact) mass is 469 g/mol. The van der Waals surface area contributed by atoms with Crippen LogP contribution in [0.2, 0.25) is 0 Å². The number of aromatic nitrogens is 4. The number of benzene rings is 1. The molecule has 33 heavy (non-hydrogen) atoms. The smallest absolute Gasteiger partial charge is 0.307 e. The molecule has 0 atom stereocenters. The lowest BCUT2D eigenvalue weighted by molar-refractivity contribution is -0.385. The van der Waals surface area contributed by atoms with Crippen LogP contribution in [0.15, 0.2) is 76.6 Å². The number of nitrogens with one attached hydrogen (secondary N) is 2. The number of amides is 1. The van der Waals surface area contributed by atoms with Crippen LogP contribution in [0.25, 0.3) is 0 Å². The van der Waals surface area contributed by atoms with E-state index < -0.39 is 20.9 Å². The largest absolute Gasteiger partial charge is 0.454 e. The molecule has 0 fully saturated rings. The van der Waals surface area contributed by atoms with Gasteiger partial charge in [-0.2, -0.15) is 5.10 Å². The first-order valence-electron chi connectivity index (χ1n) is 9.27. The number of sulfonamides is 1. The molecule has 0 bridgehead atoms. The summed E-state index contributed by atoms with van der Waals surface area (Å²) >= 11 is 0. The first-order chi connectivity index (χ1) is 15.8. The van der Waals surface area contributed by atoms with Gasteiger partial charge in [0.05, 0.1) is 16.4 Å². The second-order valence-electron chi connectivity index (χ2n) is 6.58. The van der Waals surface area contributed by atoms with Crippen molar-refractivity contribution in [1.29, 1.82) is 0 Å². The molecule has 168 valence electrons. The molecular weight excluding hydrogens is 454 g/mol. The minimum absolute atomic E-state index is 0.00578. The van der Waals surface area contributed by atoms with Crippen molar-refractivity contribution in [2.45, 2.75) is 11.4 Å². The first kappa shape index (κ1) is 21.6. The van der Waals surface area contributed by atoms with Gasteiger partial charge in [-0.15, -0.1) is 0 Å². The minimum Gasteiger partial charge on any atom is -0.454 e. The maximum atomic E-state index is 12.4. The molecule has 0 unspecified atom stereocenters. The summed E-state index contributed by atoms with van der Waals surface area (Å²) in [6.45, 7) is 0.103. The molecule has 1 aromatic carbocycles. The van der Waals surface area contributed by atoms with Crippen LogP contribution in [-0.2, 0) is 16.6 Å². The fourth-order valence-electron chi connectivity index (χ4n) is 2.72. The Labute approximate surface area is 186 Å². The van der Waals surface area contributed by atoms with E-state index in [0.717, 1.165) is 6.20 Å². The second kappa shape index (κ2) is 8.88. The third-order valence-electron chi connectivity index (χ3n) is 4.25. The van der Waals surface area contributed by atoms with Gasteiger partial charge in [-0.1, -0.05) is 0 Å². The van der Waals surface area contributed by atoms with Crippen LogP contribution in [0.1, 0.15) is 16.3 Å². The van der Waals surface area contributed by atoms with Crippen LogP contribution in [0.5, 0.6) is 0 Å². The summed E-state index contributed by atoms with van der Waals surface area (Å²) in [5, 5.41) is 17.2. The molecule has 0 radical (unpaired) electrons. The molecule has 3 aromatic heterocycles. The average Bonchev–Trinajstić information content (AvgIpc) is 3.45. The van der Waals surface area contributed by atoms with E-state index in [9.17, 15) is 23.3 Å². The zero-order chi connectivity index (χ0) is 23.4. The van der Waals surface area contributed by atoms with Gasteiger partial charge in [-0.3, -0.25) is 19.6 Å². The van der Waals surface area contributed by atoms with Gasteiger partial charge in [0, 0.05) is 18.1 Å². The standard InChI is InChI=1S/C19H15N7O6S/c27-18(17-7-4-15(32-17)12-25-11-14(10-22-25)26(28)29)23-13-2-5-16(6-3-13)33(30,31)24-19-20-8-1-9-21-19/h1-11H,12H2,(H,23,27)(H,20,21,24). The van der Waals surface area contributed by atoms with E-state index in [-0.39, 0.29) is 28.8 Å². The van der Waals surface area contributed by atoms with Crippen LogP contribution in [0, 0.1) is 10.1 Å². The van der Waals surface area contributed by atoms with Crippen molar-refractivity contribution in [2.24, 2.45) is 0 Å². The molecule has 14 heteroatoms. The zero-order valence-electron chi connectivity index (χ0n) is 16.7. The number of nitrogens with zero attached hydrogens (tertiary/aromatic N) is 5. The van der Waals surface area contributed by atoms with Crippen molar-refractivity contribution in [1.82, 2.24) is 19.7 Å².